The third-order valence-corrected chi connectivity index (χ3v) is 11.7. The summed E-state index contributed by atoms with van der Waals surface area (Å²) in [7, 11) is 4.63. The number of ketones is 1. The van der Waals surface area contributed by atoms with E-state index in [1.165, 1.54) is 18.9 Å². The molecule has 0 aliphatic rings. The molecule has 0 spiro atoms. The lowest BCUT2D eigenvalue weighted by atomic mass is 10.0. The second kappa shape index (κ2) is 31.3. The summed E-state index contributed by atoms with van der Waals surface area (Å²) < 4.78 is 0. The second-order valence-electron chi connectivity index (χ2n) is 14.0. The predicted octanol–water partition coefficient (Wildman–Crippen LogP) is -0.0472. The first-order valence-electron chi connectivity index (χ1n) is 19.7. The average molecular weight is 933 g/mol. The summed E-state index contributed by atoms with van der Waals surface area (Å²) in [4.78, 5) is 98.6. The van der Waals surface area contributed by atoms with Gasteiger partial charge in [0.1, 0.15) is 0 Å². The molecule has 1 aromatic rings. The molecular weight excluding hydrogens is 873 g/mol. The molecule has 0 aliphatic heterocycles. The maximum Gasteiger partial charge on any atom is 0.317 e. The molecule has 0 saturated carbocycles. The molecule has 62 heavy (non-hydrogen) atoms. The smallest absolute Gasteiger partial charge is 0.317 e. The van der Waals surface area contributed by atoms with Crippen LogP contribution in [0.2, 0.25) is 0 Å². The fraction of sp³-hybridized carbons (Fsp3) is 0.605. The van der Waals surface area contributed by atoms with Gasteiger partial charge >= 0.3 is 29.8 Å². The molecule has 0 aliphatic carbocycles. The van der Waals surface area contributed by atoms with Gasteiger partial charge in [0, 0.05) is 68.8 Å². The van der Waals surface area contributed by atoms with E-state index < -0.39 is 73.5 Å². The number of carboxylic acid groups (broad SMARTS) is 5. The number of nitrogens with zero attached hydrogens (tertiary/aromatic N) is 3. The number of hydrogen-bond donors (Lipinski definition) is 10. The molecule has 2 amide bonds. The molecule has 348 valence electrons. The first kappa shape index (κ1) is 55.4. The lowest BCUT2D eigenvalue weighted by molar-refractivity contribution is -0.144. The number of rotatable bonds is 35. The zero-order valence-corrected chi connectivity index (χ0v) is 37.6. The summed E-state index contributed by atoms with van der Waals surface area (Å²) in [6, 6.07) is 4.64. The van der Waals surface area contributed by atoms with Gasteiger partial charge in [-0.3, -0.25) is 53.1 Å². The fourth-order valence-electron chi connectivity index (χ4n) is 5.93. The van der Waals surface area contributed by atoms with E-state index in [9.17, 15) is 58.8 Å². The van der Waals surface area contributed by atoms with Crippen molar-refractivity contribution in [2.75, 3.05) is 89.3 Å². The van der Waals surface area contributed by atoms with Crippen LogP contribution in [0, 0.1) is 0 Å². The van der Waals surface area contributed by atoms with E-state index in [4.69, 9.17) is 17.3 Å². The third kappa shape index (κ3) is 26.0. The van der Waals surface area contributed by atoms with Crippen LogP contribution < -0.4 is 26.6 Å². The van der Waals surface area contributed by atoms with E-state index in [2.05, 4.69) is 26.6 Å². The van der Waals surface area contributed by atoms with Crippen LogP contribution in [0.15, 0.2) is 24.3 Å². The van der Waals surface area contributed by atoms with Crippen molar-refractivity contribution in [3.05, 3.63) is 29.8 Å². The lowest BCUT2D eigenvalue weighted by Gasteiger charge is -2.34. The summed E-state index contributed by atoms with van der Waals surface area (Å²) in [6.07, 6.45) is 0.136. The van der Waals surface area contributed by atoms with Crippen LogP contribution in [0.25, 0.3) is 0 Å². The van der Waals surface area contributed by atoms with Crippen LogP contribution in [0.3, 0.4) is 0 Å². The van der Waals surface area contributed by atoms with Gasteiger partial charge in [-0.25, -0.2) is 0 Å². The SMILES string of the molecule is CCN(CCN(CC(=O)O)CC(Cc1ccc(NC(=S)NCCSSCCNC(=O)CCC(NC(=O)C(CCC(=O)O)NC)C(C)=O)cc1)N(CC(=O)O)CC(=O)O)CC(=O)O. The van der Waals surface area contributed by atoms with Gasteiger partial charge in [-0.1, -0.05) is 40.6 Å². The van der Waals surface area contributed by atoms with Crippen molar-refractivity contribution in [3.8, 4) is 0 Å². The van der Waals surface area contributed by atoms with Crippen LogP contribution in [-0.4, -0.2) is 195 Å². The fourth-order valence-corrected chi connectivity index (χ4v) is 7.97. The number of carbonyl (C=O) groups excluding carboxylic acids is 3. The first-order valence-corrected chi connectivity index (χ1v) is 22.6. The van der Waals surface area contributed by atoms with Crippen molar-refractivity contribution in [3.63, 3.8) is 0 Å². The van der Waals surface area contributed by atoms with Gasteiger partial charge in [-0.15, -0.1) is 0 Å². The Labute approximate surface area is 373 Å². The number of nitrogens with one attached hydrogen (secondary N) is 5. The van der Waals surface area contributed by atoms with E-state index >= 15 is 0 Å². The number of hydrogen-bond acceptors (Lipinski definition) is 15. The first-order chi connectivity index (χ1) is 29.3. The predicted molar refractivity (Wildman–Crippen MR) is 238 cm³/mol. The largest absolute Gasteiger partial charge is 0.481 e. The lowest BCUT2D eigenvalue weighted by Crippen LogP contribution is -2.51. The number of benzene rings is 1. The van der Waals surface area contributed by atoms with E-state index in [0.29, 0.717) is 41.9 Å². The number of aliphatic carboxylic acids is 5. The quantitative estimate of drug-likeness (QED) is 0.0242. The highest BCUT2D eigenvalue weighted by Gasteiger charge is 2.28. The summed E-state index contributed by atoms with van der Waals surface area (Å²) in [5.74, 6) is -5.54. The maximum absolute atomic E-state index is 12.5. The number of thiocarbonyl (C=S) groups is 1. The molecule has 0 aromatic heterocycles. The van der Waals surface area contributed by atoms with Crippen molar-refractivity contribution in [1.29, 1.82) is 0 Å². The van der Waals surface area contributed by atoms with E-state index in [1.54, 1.807) is 62.6 Å². The Morgan fingerprint density at radius 1 is 0.710 bits per heavy atom. The van der Waals surface area contributed by atoms with Gasteiger partial charge < -0.3 is 52.1 Å². The highest BCUT2D eigenvalue weighted by atomic mass is 33.1. The molecule has 24 heteroatoms. The Hall–Kier alpha value is -4.59. The number of amides is 2. The Bertz CT molecular complexity index is 1630. The van der Waals surface area contributed by atoms with Gasteiger partial charge in [0.2, 0.25) is 11.8 Å². The number of carbonyl (C=O) groups is 8. The van der Waals surface area contributed by atoms with Gasteiger partial charge in [-0.2, -0.15) is 0 Å². The van der Waals surface area contributed by atoms with Gasteiger partial charge in [0.25, 0.3) is 0 Å². The van der Waals surface area contributed by atoms with Crippen molar-refractivity contribution < 1.29 is 63.9 Å². The van der Waals surface area contributed by atoms with Gasteiger partial charge in [0.05, 0.1) is 38.3 Å². The monoisotopic (exact) mass is 932 g/mol. The Kier molecular flexibility index (Phi) is 28.0. The Balaban J connectivity index is 2.63. The Morgan fingerprint density at radius 3 is 1.76 bits per heavy atom. The van der Waals surface area contributed by atoms with Crippen molar-refractivity contribution in [2.24, 2.45) is 0 Å². The summed E-state index contributed by atoms with van der Waals surface area (Å²) in [5, 5.41) is 61.5. The normalized spacial score (nSPS) is 12.6. The zero-order valence-electron chi connectivity index (χ0n) is 35.1. The number of likely N-dealkylation sites (N-methyl/N-ethyl adjacent to an activating group) is 2. The third-order valence-electron chi connectivity index (χ3n) is 9.08. The molecule has 10 N–H and O–H groups in total. The Morgan fingerprint density at radius 2 is 1.24 bits per heavy atom. The highest BCUT2D eigenvalue weighted by Crippen LogP contribution is 2.20. The average Bonchev–Trinajstić information content (AvgIpc) is 3.18. The second-order valence-corrected chi connectivity index (χ2v) is 17.1. The summed E-state index contributed by atoms with van der Waals surface area (Å²) in [5.41, 5.74) is 1.37. The van der Waals surface area contributed by atoms with E-state index in [0.717, 1.165) is 5.56 Å². The molecule has 3 unspecified atom stereocenters. The summed E-state index contributed by atoms with van der Waals surface area (Å²) >= 11 is 5.42. The molecule has 0 bridgehead atoms. The van der Waals surface area contributed by atoms with E-state index in [1.807, 2.05) is 0 Å². The van der Waals surface area contributed by atoms with Crippen LogP contribution in [-0.2, 0) is 44.8 Å². The molecule has 3 atom stereocenters. The topological polar surface area (TPSA) is 308 Å². The van der Waals surface area contributed by atoms with Crippen LogP contribution in [0.4, 0.5) is 5.69 Å². The molecular formula is C38H60N8O13S3. The van der Waals surface area contributed by atoms with Crippen LogP contribution in [0.5, 0.6) is 0 Å². The minimum Gasteiger partial charge on any atom is -0.481 e. The molecule has 1 aromatic carbocycles. The maximum atomic E-state index is 12.5. The molecule has 0 radical (unpaired) electrons. The minimum atomic E-state index is -1.25. The molecule has 0 fully saturated rings. The molecule has 21 nitrogen and oxygen atoms in total. The summed E-state index contributed by atoms with van der Waals surface area (Å²) in [6.45, 7) is 2.91. The van der Waals surface area contributed by atoms with Crippen LogP contribution >= 0.6 is 33.8 Å². The van der Waals surface area contributed by atoms with Crippen molar-refractivity contribution in [1.82, 2.24) is 36.0 Å². The molecule has 0 heterocycles. The van der Waals surface area contributed by atoms with Gasteiger partial charge in [-0.05, 0) is 69.7 Å². The minimum absolute atomic E-state index is 0.000150. The number of anilines is 1. The number of Topliss-reactive ketones (excluding diaryl/α,β-unsaturated/α-hetero) is 1. The highest BCUT2D eigenvalue weighted by molar-refractivity contribution is 8.76. The zero-order chi connectivity index (χ0) is 46.6. The van der Waals surface area contributed by atoms with Crippen molar-refractivity contribution in [2.45, 2.75) is 64.1 Å². The molecule has 0 saturated heterocycles. The van der Waals surface area contributed by atoms with E-state index in [-0.39, 0.29) is 70.0 Å². The standard InChI is InChI=1S/C38H60N8O13S3/c1-4-44(21-33(51)52)15-16-45(22-34(53)54)20-28(46(23-35(55)56)24-36(57)58)19-26-5-7-27(8-6-26)42-38(60)41-14-18-62-61-17-13-40-31(48)11-9-29(25(2)47)43-37(59)30(39-3)10-12-32(49)50/h5-8,28-30,39H,4,9-24H2,1-3H3,(H,40,48)(H,43,59)(H,49,50)(H,51,52)(H,53,54)(H,55,56)(H,57,58)(H2,41,42,60). The van der Waals surface area contributed by atoms with Crippen molar-refractivity contribution >= 4 is 92.0 Å². The van der Waals surface area contributed by atoms with Gasteiger partial charge in [0.15, 0.2) is 10.9 Å². The molecule has 1 rings (SSSR count). The van der Waals surface area contributed by atoms with Crippen LogP contribution in [0.1, 0.15) is 45.1 Å². The number of carboxylic acids is 5.